The number of carbonyl (C=O) groups is 2. The van der Waals surface area contributed by atoms with Crippen molar-refractivity contribution in [3.63, 3.8) is 0 Å². The molecule has 6 nitrogen and oxygen atoms in total. The minimum absolute atomic E-state index is 0.104. The fourth-order valence-corrected chi connectivity index (χ4v) is 5.12. The Morgan fingerprint density at radius 1 is 0.939 bits per heavy atom. The quantitative estimate of drug-likeness (QED) is 0.232. The summed E-state index contributed by atoms with van der Waals surface area (Å²) in [5, 5.41) is 17.7. The summed E-state index contributed by atoms with van der Waals surface area (Å²) in [7, 11) is 0. The molecule has 0 saturated heterocycles. The van der Waals surface area contributed by atoms with Crippen molar-refractivity contribution in [1.29, 1.82) is 0 Å². The molecule has 0 radical (unpaired) electrons. The van der Waals surface area contributed by atoms with Gasteiger partial charge in [0.15, 0.2) is 6.20 Å². The molecule has 2 unspecified atom stereocenters. The van der Waals surface area contributed by atoms with Crippen LogP contribution in [0.15, 0.2) is 60.9 Å². The average Bonchev–Trinajstić information content (AvgIpc) is 3.31. The third-order valence-electron chi connectivity index (χ3n) is 5.09. The Morgan fingerprint density at radius 3 is 2.30 bits per heavy atom. The molecule has 2 aromatic carbocycles. The van der Waals surface area contributed by atoms with Gasteiger partial charge in [-0.1, -0.05) is 34.8 Å². The lowest BCUT2D eigenvalue weighted by molar-refractivity contribution is -0.604. The van der Waals surface area contributed by atoms with Crippen LogP contribution >= 0.6 is 58.0 Å². The Kier molecular flexibility index (Phi) is 6.67. The van der Waals surface area contributed by atoms with E-state index in [4.69, 9.17) is 58.0 Å². The average molecular weight is 546 g/mol. The molecule has 2 amide bonds. The van der Waals surface area contributed by atoms with E-state index in [1.165, 1.54) is 30.6 Å². The van der Waals surface area contributed by atoms with Crippen molar-refractivity contribution >= 4 is 81.2 Å². The van der Waals surface area contributed by atoms with Crippen LogP contribution in [0.4, 0.5) is 11.4 Å². The number of nitrogens with one attached hydrogen (secondary N) is 2. The predicted octanol–water partition coefficient (Wildman–Crippen LogP) is 6.06. The summed E-state index contributed by atoms with van der Waals surface area (Å²) in [6, 6.07) is 12.4. The van der Waals surface area contributed by atoms with Gasteiger partial charge in [0, 0.05) is 27.7 Å². The molecule has 4 rings (SSSR count). The smallest absolute Gasteiger partial charge is 0.257 e. The molecule has 33 heavy (non-hydrogen) atoms. The number of aromatic nitrogens is 1. The molecule has 0 spiro atoms. The monoisotopic (exact) mass is 543 g/mol. The van der Waals surface area contributed by atoms with Gasteiger partial charge in [-0.25, -0.2) is 0 Å². The lowest BCUT2D eigenvalue weighted by Gasteiger charge is -2.10. The SMILES string of the molecule is O=C(Nc1ccc[n+]([O-])c1)c1cc(NC(=O)C2C(c3cc(Cl)cc(Cl)c3)C2(Cl)Cl)ccc1Cl. The molecule has 0 aliphatic heterocycles. The largest absolute Gasteiger partial charge is 0.619 e. The lowest BCUT2D eigenvalue weighted by Crippen LogP contribution is -2.25. The van der Waals surface area contributed by atoms with E-state index in [1.807, 2.05) is 0 Å². The highest BCUT2D eigenvalue weighted by Crippen LogP contribution is 2.65. The summed E-state index contributed by atoms with van der Waals surface area (Å²) in [5.41, 5.74) is 1.36. The van der Waals surface area contributed by atoms with Gasteiger partial charge in [0.1, 0.15) is 10.0 Å². The first-order valence-corrected chi connectivity index (χ1v) is 11.4. The molecule has 1 fully saturated rings. The molecule has 1 aromatic heterocycles. The Morgan fingerprint density at radius 2 is 1.64 bits per heavy atom. The van der Waals surface area contributed by atoms with Gasteiger partial charge >= 0.3 is 0 Å². The van der Waals surface area contributed by atoms with Gasteiger partial charge in [-0.2, -0.15) is 4.73 Å². The zero-order valence-electron chi connectivity index (χ0n) is 16.5. The standard InChI is InChI=1S/C22H14Cl5N3O3/c23-12-6-11(7-13(24)8-12)18-19(22(18,26)27)21(32)28-14-3-4-17(25)16(9-14)20(31)29-15-2-1-5-30(33)10-15/h1-10,18-19H,(H,28,32)(H,29,31). The Labute approximate surface area is 213 Å². The van der Waals surface area contributed by atoms with Crippen LogP contribution in [0.1, 0.15) is 21.8 Å². The van der Waals surface area contributed by atoms with Crippen molar-refractivity contribution in [2.75, 3.05) is 10.6 Å². The first kappa shape index (κ1) is 23.9. The summed E-state index contributed by atoms with van der Waals surface area (Å²) >= 11 is 31.1. The van der Waals surface area contributed by atoms with Crippen molar-refractivity contribution in [1.82, 2.24) is 0 Å². The molecule has 170 valence electrons. The van der Waals surface area contributed by atoms with E-state index in [-0.39, 0.29) is 16.3 Å². The van der Waals surface area contributed by atoms with Crippen LogP contribution in [-0.4, -0.2) is 16.1 Å². The number of hydrogen-bond acceptors (Lipinski definition) is 3. The topological polar surface area (TPSA) is 85.1 Å². The van der Waals surface area contributed by atoms with E-state index in [1.54, 1.807) is 30.3 Å². The van der Waals surface area contributed by atoms with Crippen LogP contribution in [0.2, 0.25) is 15.1 Å². The van der Waals surface area contributed by atoms with Crippen LogP contribution in [0.3, 0.4) is 0 Å². The van der Waals surface area contributed by atoms with Crippen molar-refractivity contribution in [2.24, 2.45) is 5.92 Å². The van der Waals surface area contributed by atoms with Crippen molar-refractivity contribution in [3.05, 3.63) is 92.3 Å². The molecule has 2 N–H and O–H groups in total. The van der Waals surface area contributed by atoms with E-state index in [9.17, 15) is 14.8 Å². The third kappa shape index (κ3) is 5.15. The van der Waals surface area contributed by atoms with Gasteiger partial charge in [-0.05, 0) is 48.0 Å². The second-order valence-electron chi connectivity index (χ2n) is 7.42. The number of carbonyl (C=O) groups excluding carboxylic acids is 2. The molecule has 3 aromatic rings. The van der Waals surface area contributed by atoms with Gasteiger partial charge in [0.05, 0.1) is 16.5 Å². The van der Waals surface area contributed by atoms with Gasteiger partial charge in [-0.3, -0.25) is 9.59 Å². The highest BCUT2D eigenvalue weighted by Gasteiger charge is 2.67. The van der Waals surface area contributed by atoms with Gasteiger partial charge in [-0.15, -0.1) is 23.2 Å². The fraction of sp³-hybridized carbons (Fsp3) is 0.136. The molecule has 2 atom stereocenters. The number of rotatable bonds is 5. The third-order valence-corrected chi connectivity index (χ3v) is 6.80. The Hall–Kier alpha value is -2.22. The van der Waals surface area contributed by atoms with E-state index < -0.39 is 28.0 Å². The number of hydrogen-bond donors (Lipinski definition) is 2. The van der Waals surface area contributed by atoms with E-state index in [0.717, 1.165) is 0 Å². The van der Waals surface area contributed by atoms with Crippen LogP contribution in [0.25, 0.3) is 0 Å². The van der Waals surface area contributed by atoms with E-state index in [2.05, 4.69) is 10.6 Å². The summed E-state index contributed by atoms with van der Waals surface area (Å²) < 4.78 is -0.788. The fourth-order valence-electron chi connectivity index (χ4n) is 3.55. The van der Waals surface area contributed by atoms with Crippen LogP contribution in [-0.2, 0) is 4.79 Å². The Balaban J connectivity index is 1.51. The number of amides is 2. The molecule has 1 aliphatic carbocycles. The minimum Gasteiger partial charge on any atom is -0.619 e. The zero-order chi connectivity index (χ0) is 23.9. The van der Waals surface area contributed by atoms with Crippen LogP contribution < -0.4 is 15.4 Å². The lowest BCUT2D eigenvalue weighted by atomic mass is 10.1. The maximum atomic E-state index is 12.9. The van der Waals surface area contributed by atoms with Crippen molar-refractivity contribution in [3.8, 4) is 0 Å². The maximum absolute atomic E-state index is 12.9. The second kappa shape index (κ2) is 9.20. The second-order valence-corrected chi connectivity index (χ2v) is 10.1. The van der Waals surface area contributed by atoms with Gasteiger partial charge in [0.25, 0.3) is 5.91 Å². The Bertz CT molecular complexity index is 1250. The summed E-state index contributed by atoms with van der Waals surface area (Å²) in [6.45, 7) is 0. The number of alkyl halides is 2. The first-order valence-electron chi connectivity index (χ1n) is 9.50. The van der Waals surface area contributed by atoms with E-state index >= 15 is 0 Å². The minimum atomic E-state index is -1.34. The molecular weight excluding hydrogens is 532 g/mol. The number of benzene rings is 2. The zero-order valence-corrected chi connectivity index (χ0v) is 20.3. The van der Waals surface area contributed by atoms with E-state index in [0.29, 0.717) is 26.0 Å². The van der Waals surface area contributed by atoms with Crippen molar-refractivity contribution < 1.29 is 14.3 Å². The van der Waals surface area contributed by atoms with Crippen molar-refractivity contribution in [2.45, 2.75) is 10.3 Å². The number of anilines is 2. The molecule has 0 bridgehead atoms. The molecular formula is C22H14Cl5N3O3. The number of halogens is 5. The normalized spacial score (nSPS) is 18.5. The van der Waals surface area contributed by atoms with Crippen LogP contribution in [0, 0.1) is 11.1 Å². The molecule has 1 saturated carbocycles. The van der Waals surface area contributed by atoms with Gasteiger partial charge in [0.2, 0.25) is 12.1 Å². The number of pyridine rings is 1. The highest BCUT2D eigenvalue weighted by atomic mass is 35.5. The predicted molar refractivity (Wildman–Crippen MR) is 131 cm³/mol. The number of nitrogens with zero attached hydrogens (tertiary/aromatic N) is 1. The highest BCUT2D eigenvalue weighted by molar-refractivity contribution is 6.53. The molecule has 11 heteroatoms. The van der Waals surface area contributed by atoms with Crippen LogP contribution in [0.5, 0.6) is 0 Å². The first-order chi connectivity index (χ1) is 15.6. The molecule has 1 aliphatic rings. The van der Waals surface area contributed by atoms with Gasteiger partial charge < -0.3 is 15.8 Å². The molecule has 1 heterocycles. The summed E-state index contributed by atoms with van der Waals surface area (Å²) in [5.74, 6) is -2.27. The summed E-state index contributed by atoms with van der Waals surface area (Å²) in [6.07, 6.45) is 2.49. The summed E-state index contributed by atoms with van der Waals surface area (Å²) in [4.78, 5) is 25.6. The maximum Gasteiger partial charge on any atom is 0.257 e.